The van der Waals surface area contributed by atoms with E-state index in [0.717, 1.165) is 50.8 Å². The molecule has 1 aromatic rings. The second-order valence-electron chi connectivity index (χ2n) is 6.48. The Morgan fingerprint density at radius 2 is 2.05 bits per heavy atom. The Kier molecular flexibility index (Phi) is 5.18. The number of hydrogen-bond donors (Lipinski definition) is 1. The standard InChI is InChI=1S/C16H27N5S/c1-13-5-10-20(11-6-13)15(17)18-7-4-14-12-22-16(19-14)21-8-2-3-9-21/h12-13H,2-11H2,1H3,(H2,17,18). The van der Waals surface area contributed by atoms with E-state index in [9.17, 15) is 0 Å². The highest BCUT2D eigenvalue weighted by Gasteiger charge is 2.17. The first-order chi connectivity index (χ1) is 10.7. The summed E-state index contributed by atoms with van der Waals surface area (Å²) in [6.45, 7) is 7.46. The van der Waals surface area contributed by atoms with Crippen molar-refractivity contribution in [3.05, 3.63) is 11.1 Å². The van der Waals surface area contributed by atoms with Crippen LogP contribution in [0.15, 0.2) is 10.4 Å². The van der Waals surface area contributed by atoms with Gasteiger partial charge in [-0.3, -0.25) is 4.99 Å². The van der Waals surface area contributed by atoms with E-state index in [1.165, 1.54) is 30.8 Å². The molecule has 0 aliphatic carbocycles. The van der Waals surface area contributed by atoms with Crippen LogP contribution in [0.25, 0.3) is 0 Å². The fraction of sp³-hybridized carbons (Fsp3) is 0.750. The molecule has 3 heterocycles. The first kappa shape index (κ1) is 15.6. The molecule has 122 valence electrons. The summed E-state index contributed by atoms with van der Waals surface area (Å²) < 4.78 is 0. The highest BCUT2D eigenvalue weighted by atomic mass is 32.1. The number of hydrogen-bond acceptors (Lipinski definition) is 4. The van der Waals surface area contributed by atoms with Gasteiger partial charge in [0.1, 0.15) is 0 Å². The lowest BCUT2D eigenvalue weighted by Gasteiger charge is -2.31. The van der Waals surface area contributed by atoms with Gasteiger partial charge >= 0.3 is 0 Å². The number of nitrogens with zero attached hydrogens (tertiary/aromatic N) is 4. The highest BCUT2D eigenvalue weighted by Crippen LogP contribution is 2.24. The Hall–Kier alpha value is -1.30. The number of piperidine rings is 1. The minimum atomic E-state index is 0.710. The van der Waals surface area contributed by atoms with E-state index in [0.29, 0.717) is 5.96 Å². The molecule has 0 bridgehead atoms. The lowest BCUT2D eigenvalue weighted by Crippen LogP contribution is -2.42. The maximum absolute atomic E-state index is 6.11. The number of nitrogens with two attached hydrogens (primary N) is 1. The van der Waals surface area contributed by atoms with Crippen molar-refractivity contribution in [2.75, 3.05) is 37.6 Å². The van der Waals surface area contributed by atoms with E-state index in [2.05, 4.69) is 27.1 Å². The Morgan fingerprint density at radius 3 is 2.77 bits per heavy atom. The second-order valence-corrected chi connectivity index (χ2v) is 7.31. The average molecular weight is 321 g/mol. The SMILES string of the molecule is CC1CCN(C(N)=NCCc2csc(N3CCCC3)n2)CC1. The molecular formula is C16H27N5S. The molecule has 0 saturated carbocycles. The second kappa shape index (κ2) is 7.31. The van der Waals surface area contributed by atoms with Crippen LogP contribution in [-0.2, 0) is 6.42 Å². The first-order valence-electron chi connectivity index (χ1n) is 8.46. The predicted octanol–water partition coefficient (Wildman–Crippen LogP) is 2.33. The quantitative estimate of drug-likeness (QED) is 0.683. The van der Waals surface area contributed by atoms with Crippen LogP contribution in [-0.4, -0.2) is 48.6 Å². The monoisotopic (exact) mass is 321 g/mol. The first-order valence-corrected chi connectivity index (χ1v) is 9.34. The Labute approximate surface area is 137 Å². The molecule has 2 aliphatic rings. The topological polar surface area (TPSA) is 57.8 Å². The van der Waals surface area contributed by atoms with Crippen molar-refractivity contribution < 1.29 is 0 Å². The van der Waals surface area contributed by atoms with Crippen molar-refractivity contribution in [1.29, 1.82) is 0 Å². The molecule has 2 aliphatic heterocycles. The van der Waals surface area contributed by atoms with Crippen molar-refractivity contribution in [2.24, 2.45) is 16.6 Å². The van der Waals surface area contributed by atoms with Gasteiger partial charge in [-0.05, 0) is 31.6 Å². The summed E-state index contributed by atoms with van der Waals surface area (Å²) >= 11 is 1.76. The molecule has 3 rings (SSSR count). The minimum absolute atomic E-state index is 0.710. The molecule has 2 fully saturated rings. The van der Waals surface area contributed by atoms with E-state index in [1.54, 1.807) is 11.3 Å². The minimum Gasteiger partial charge on any atom is -0.370 e. The van der Waals surface area contributed by atoms with Crippen LogP contribution in [0.4, 0.5) is 5.13 Å². The molecule has 0 atom stereocenters. The fourth-order valence-corrected chi connectivity index (χ4v) is 4.00. The zero-order valence-electron chi connectivity index (χ0n) is 13.5. The zero-order valence-corrected chi connectivity index (χ0v) is 14.3. The van der Waals surface area contributed by atoms with Crippen molar-refractivity contribution in [3.63, 3.8) is 0 Å². The van der Waals surface area contributed by atoms with Crippen LogP contribution >= 0.6 is 11.3 Å². The number of likely N-dealkylation sites (tertiary alicyclic amines) is 1. The fourth-order valence-electron chi connectivity index (χ4n) is 3.09. The molecule has 2 saturated heterocycles. The molecule has 5 nitrogen and oxygen atoms in total. The van der Waals surface area contributed by atoms with E-state index >= 15 is 0 Å². The van der Waals surface area contributed by atoms with Gasteiger partial charge in [0.05, 0.1) is 5.69 Å². The van der Waals surface area contributed by atoms with Gasteiger partial charge in [-0.2, -0.15) is 0 Å². The maximum Gasteiger partial charge on any atom is 0.191 e. The summed E-state index contributed by atoms with van der Waals surface area (Å²) in [6, 6.07) is 0. The molecule has 0 amide bonds. The van der Waals surface area contributed by atoms with Crippen molar-refractivity contribution in [3.8, 4) is 0 Å². The van der Waals surface area contributed by atoms with Gasteiger partial charge in [0.25, 0.3) is 0 Å². The molecule has 0 aromatic carbocycles. The van der Waals surface area contributed by atoms with Crippen LogP contribution in [0, 0.1) is 5.92 Å². The number of aromatic nitrogens is 1. The van der Waals surface area contributed by atoms with Gasteiger partial charge in [0.15, 0.2) is 11.1 Å². The lowest BCUT2D eigenvalue weighted by atomic mass is 10.00. The molecule has 2 N–H and O–H groups in total. The lowest BCUT2D eigenvalue weighted by molar-refractivity contribution is 0.277. The van der Waals surface area contributed by atoms with Crippen LogP contribution in [0.3, 0.4) is 0 Å². The van der Waals surface area contributed by atoms with Gasteiger partial charge in [-0.1, -0.05) is 6.92 Å². The van der Waals surface area contributed by atoms with E-state index in [4.69, 9.17) is 10.7 Å². The normalized spacial score (nSPS) is 20.9. The predicted molar refractivity (Wildman–Crippen MR) is 93.7 cm³/mol. The van der Waals surface area contributed by atoms with E-state index < -0.39 is 0 Å². The van der Waals surface area contributed by atoms with Gasteiger partial charge in [0.2, 0.25) is 0 Å². The van der Waals surface area contributed by atoms with Crippen LogP contribution in [0.2, 0.25) is 0 Å². The van der Waals surface area contributed by atoms with Crippen LogP contribution in [0.1, 0.15) is 38.3 Å². The van der Waals surface area contributed by atoms with E-state index in [1.807, 2.05) is 0 Å². The number of thiazole rings is 1. The number of anilines is 1. The summed E-state index contributed by atoms with van der Waals surface area (Å²) in [4.78, 5) is 13.9. The molecule has 1 aromatic heterocycles. The summed E-state index contributed by atoms with van der Waals surface area (Å²) in [5.41, 5.74) is 7.26. The molecule has 0 unspecified atom stereocenters. The smallest absolute Gasteiger partial charge is 0.191 e. The largest absolute Gasteiger partial charge is 0.370 e. The Bertz CT molecular complexity index is 498. The average Bonchev–Trinajstić information content (AvgIpc) is 3.19. The van der Waals surface area contributed by atoms with Gasteiger partial charge in [-0.25, -0.2) is 4.98 Å². The van der Waals surface area contributed by atoms with Gasteiger partial charge < -0.3 is 15.5 Å². The third-order valence-corrected chi connectivity index (χ3v) is 5.62. The summed E-state index contributed by atoms with van der Waals surface area (Å²) in [6.07, 6.45) is 5.92. The van der Waals surface area contributed by atoms with Gasteiger partial charge in [0, 0.05) is 44.5 Å². The third-order valence-electron chi connectivity index (χ3n) is 4.67. The number of guanidine groups is 1. The Balaban J connectivity index is 1.46. The molecular weight excluding hydrogens is 294 g/mol. The summed E-state index contributed by atoms with van der Waals surface area (Å²) in [5.74, 6) is 1.53. The van der Waals surface area contributed by atoms with Crippen molar-refractivity contribution >= 4 is 22.4 Å². The summed E-state index contributed by atoms with van der Waals surface area (Å²) in [5, 5.41) is 3.34. The number of rotatable bonds is 4. The maximum atomic E-state index is 6.11. The Morgan fingerprint density at radius 1 is 1.32 bits per heavy atom. The summed E-state index contributed by atoms with van der Waals surface area (Å²) in [7, 11) is 0. The molecule has 0 spiro atoms. The third kappa shape index (κ3) is 3.91. The molecule has 6 heteroatoms. The van der Waals surface area contributed by atoms with E-state index in [-0.39, 0.29) is 0 Å². The van der Waals surface area contributed by atoms with Gasteiger partial charge in [-0.15, -0.1) is 11.3 Å². The molecule has 22 heavy (non-hydrogen) atoms. The number of aliphatic imine (C=N–C) groups is 1. The zero-order chi connectivity index (χ0) is 15.4. The van der Waals surface area contributed by atoms with Crippen LogP contribution < -0.4 is 10.6 Å². The molecule has 0 radical (unpaired) electrons. The van der Waals surface area contributed by atoms with Crippen molar-refractivity contribution in [2.45, 2.75) is 39.0 Å². The van der Waals surface area contributed by atoms with Crippen LogP contribution in [0.5, 0.6) is 0 Å². The highest BCUT2D eigenvalue weighted by molar-refractivity contribution is 7.13. The van der Waals surface area contributed by atoms with Crippen molar-refractivity contribution in [1.82, 2.24) is 9.88 Å².